The van der Waals surface area contributed by atoms with Crippen molar-refractivity contribution in [1.82, 2.24) is 14.8 Å². The molecule has 1 amide bonds. The van der Waals surface area contributed by atoms with E-state index in [1.165, 1.54) is 68.8 Å². The van der Waals surface area contributed by atoms with Crippen molar-refractivity contribution in [2.24, 2.45) is 23.2 Å². The molecule has 190 valence electrons. The first-order valence-electron chi connectivity index (χ1n) is 14.0. The Balaban J connectivity index is 1.28. The number of pyridine rings is 1. The van der Waals surface area contributed by atoms with Crippen molar-refractivity contribution in [3.63, 3.8) is 0 Å². The number of phenols is 1. The number of aromatic amines is 1. The molecule has 2 N–H and O–H groups in total. The predicted octanol–water partition coefficient (Wildman–Crippen LogP) is 3.98. The summed E-state index contributed by atoms with van der Waals surface area (Å²) in [7, 11) is 0. The number of fused-ring (bicyclic) bond motifs is 1. The third-order valence-corrected chi connectivity index (χ3v) is 10.3. The maximum Gasteiger partial charge on any atom is 0.255 e. The molecule has 7 rings (SSSR count). The van der Waals surface area contributed by atoms with Crippen LogP contribution in [0.2, 0.25) is 0 Å². The second kappa shape index (κ2) is 8.47. The molecule has 3 heterocycles. The number of carbonyl (C=O) groups excluding carboxylic acids is 1. The highest BCUT2D eigenvalue weighted by Crippen LogP contribution is 2.55. The largest absolute Gasteiger partial charge is 0.508 e. The van der Waals surface area contributed by atoms with E-state index in [4.69, 9.17) is 0 Å². The molecule has 1 aromatic heterocycles. The fraction of sp³-hybridized carbons (Fsp3) is 0.600. The molecule has 5 aliphatic rings. The fourth-order valence-corrected chi connectivity index (χ4v) is 8.49. The van der Waals surface area contributed by atoms with E-state index >= 15 is 0 Å². The number of amides is 1. The van der Waals surface area contributed by atoms with E-state index in [2.05, 4.69) is 20.9 Å². The van der Waals surface area contributed by atoms with Crippen LogP contribution in [-0.2, 0) is 12.8 Å². The first-order chi connectivity index (χ1) is 17.5. The van der Waals surface area contributed by atoms with Gasteiger partial charge in [-0.2, -0.15) is 0 Å². The van der Waals surface area contributed by atoms with Gasteiger partial charge in [-0.1, -0.05) is 6.07 Å². The number of aromatic nitrogens is 1. The lowest BCUT2D eigenvalue weighted by molar-refractivity contribution is -0.0160. The zero-order chi connectivity index (χ0) is 24.4. The van der Waals surface area contributed by atoms with Crippen molar-refractivity contribution in [3.8, 4) is 5.75 Å². The number of carbonyl (C=O) groups is 1. The topological polar surface area (TPSA) is 76.6 Å². The number of hydrogen-bond acceptors (Lipinski definition) is 4. The molecule has 0 radical (unpaired) electrons. The van der Waals surface area contributed by atoms with Crippen molar-refractivity contribution < 1.29 is 9.90 Å². The normalized spacial score (nSPS) is 33.7. The van der Waals surface area contributed by atoms with Crippen molar-refractivity contribution >= 4 is 5.91 Å². The predicted molar refractivity (Wildman–Crippen MR) is 138 cm³/mol. The molecule has 5 unspecified atom stereocenters. The molecule has 2 aromatic rings. The minimum Gasteiger partial charge on any atom is -0.508 e. The Morgan fingerprint density at radius 2 is 1.97 bits per heavy atom. The summed E-state index contributed by atoms with van der Waals surface area (Å²) in [6, 6.07) is 9.92. The maximum absolute atomic E-state index is 13.6. The summed E-state index contributed by atoms with van der Waals surface area (Å²) in [5.41, 5.74) is 3.39. The number of hydrogen-bond donors (Lipinski definition) is 2. The molecule has 4 bridgehead atoms. The second-order valence-electron chi connectivity index (χ2n) is 12.4. The van der Waals surface area contributed by atoms with Gasteiger partial charge in [0.1, 0.15) is 5.75 Å². The van der Waals surface area contributed by atoms with Gasteiger partial charge in [0, 0.05) is 37.4 Å². The molecule has 36 heavy (non-hydrogen) atoms. The highest BCUT2D eigenvalue weighted by atomic mass is 16.3. The monoisotopic (exact) mass is 487 g/mol. The third-order valence-electron chi connectivity index (χ3n) is 10.3. The van der Waals surface area contributed by atoms with E-state index in [0.717, 1.165) is 31.7 Å². The zero-order valence-electron chi connectivity index (χ0n) is 21.0. The minimum atomic E-state index is -0.180. The Morgan fingerprint density at radius 1 is 1.08 bits per heavy atom. The molecule has 1 spiro atoms. The average Bonchev–Trinajstić information content (AvgIpc) is 3.63. The fourth-order valence-electron chi connectivity index (χ4n) is 8.49. The number of piperidine rings is 1. The van der Waals surface area contributed by atoms with Crippen molar-refractivity contribution in [2.45, 2.75) is 69.9 Å². The Kier molecular flexibility index (Phi) is 5.32. The smallest absolute Gasteiger partial charge is 0.255 e. The van der Waals surface area contributed by atoms with E-state index in [-0.39, 0.29) is 17.5 Å². The number of benzene rings is 1. The Bertz CT molecular complexity index is 1220. The minimum absolute atomic E-state index is 0.0449. The Labute approximate surface area is 212 Å². The second-order valence-corrected chi connectivity index (χ2v) is 12.4. The summed E-state index contributed by atoms with van der Waals surface area (Å²) in [6.45, 7) is 3.26. The first-order valence-corrected chi connectivity index (χ1v) is 14.0. The maximum atomic E-state index is 13.6. The van der Waals surface area contributed by atoms with Crippen LogP contribution < -0.4 is 5.56 Å². The molecular formula is C30H37N3O3. The van der Waals surface area contributed by atoms with Gasteiger partial charge in [0.15, 0.2) is 0 Å². The molecule has 2 saturated carbocycles. The van der Waals surface area contributed by atoms with E-state index in [1.807, 2.05) is 12.1 Å². The third kappa shape index (κ3) is 3.80. The lowest BCUT2D eigenvalue weighted by Gasteiger charge is -2.52. The highest BCUT2D eigenvalue weighted by molar-refractivity contribution is 5.94. The standard InChI is InChI=1S/C30H37N3O3/c34-24-6-4-20-14-27-30(9-1-11-32(27)17-19-2-3-19)10-8-26-25(13-22(20)12-24)23(15-30)18-33(26)29(36)21-5-7-28(35)31-16-21/h4-7,12,16,19,23,25-27,34H,1-3,8-11,13-15,17-18H2,(H,31,35). The van der Waals surface area contributed by atoms with Gasteiger partial charge >= 0.3 is 0 Å². The van der Waals surface area contributed by atoms with Crippen LogP contribution in [0.15, 0.2) is 41.3 Å². The number of nitrogens with zero attached hydrogens (tertiary/aromatic N) is 2. The quantitative estimate of drug-likeness (QED) is 0.687. The number of phenolic OH excluding ortho intramolecular Hbond substituents is 1. The molecule has 3 aliphatic carbocycles. The van der Waals surface area contributed by atoms with Gasteiger partial charge < -0.3 is 15.0 Å². The number of nitrogens with one attached hydrogen (secondary N) is 1. The first kappa shape index (κ1) is 22.6. The van der Waals surface area contributed by atoms with Gasteiger partial charge in [-0.05, 0) is 117 Å². The number of likely N-dealkylation sites (tertiary alicyclic amines) is 2. The van der Waals surface area contributed by atoms with Crippen LogP contribution in [0.3, 0.4) is 0 Å². The van der Waals surface area contributed by atoms with Crippen molar-refractivity contribution in [3.05, 3.63) is 63.6 Å². The van der Waals surface area contributed by atoms with Crippen LogP contribution in [0.25, 0.3) is 0 Å². The van der Waals surface area contributed by atoms with Crippen LogP contribution in [-0.4, -0.2) is 57.5 Å². The van der Waals surface area contributed by atoms with Crippen LogP contribution in [0.1, 0.15) is 66.4 Å². The summed E-state index contributed by atoms with van der Waals surface area (Å²) >= 11 is 0. The van der Waals surface area contributed by atoms with E-state index in [1.54, 1.807) is 12.3 Å². The summed E-state index contributed by atoms with van der Waals surface area (Å²) < 4.78 is 0. The van der Waals surface area contributed by atoms with Gasteiger partial charge in [0.2, 0.25) is 5.56 Å². The molecule has 5 atom stereocenters. The molecule has 6 nitrogen and oxygen atoms in total. The van der Waals surface area contributed by atoms with Crippen LogP contribution in [0, 0.1) is 23.2 Å². The van der Waals surface area contributed by atoms with E-state index < -0.39 is 0 Å². The van der Waals surface area contributed by atoms with Gasteiger partial charge in [-0.15, -0.1) is 0 Å². The van der Waals surface area contributed by atoms with Crippen molar-refractivity contribution in [2.75, 3.05) is 19.6 Å². The number of H-pyrrole nitrogens is 1. The summed E-state index contributed by atoms with van der Waals surface area (Å²) in [6.07, 6.45) is 12.4. The lowest BCUT2D eigenvalue weighted by atomic mass is 9.64. The molecule has 6 heteroatoms. The van der Waals surface area contributed by atoms with Crippen molar-refractivity contribution in [1.29, 1.82) is 0 Å². The van der Waals surface area contributed by atoms with Crippen LogP contribution in [0.4, 0.5) is 0 Å². The van der Waals surface area contributed by atoms with Crippen LogP contribution >= 0.6 is 0 Å². The number of rotatable bonds is 3. The molecular weight excluding hydrogens is 450 g/mol. The summed E-state index contributed by atoms with van der Waals surface area (Å²) in [4.78, 5) is 32.9. The number of aromatic hydroxyl groups is 1. The zero-order valence-corrected chi connectivity index (χ0v) is 21.0. The Hall–Kier alpha value is -2.60. The van der Waals surface area contributed by atoms with Crippen LogP contribution in [0.5, 0.6) is 5.75 Å². The summed E-state index contributed by atoms with van der Waals surface area (Å²) in [5.74, 6) is 2.16. The highest BCUT2D eigenvalue weighted by Gasteiger charge is 2.55. The van der Waals surface area contributed by atoms with E-state index in [0.29, 0.717) is 34.6 Å². The molecule has 2 aliphatic heterocycles. The van der Waals surface area contributed by atoms with Gasteiger partial charge in [-0.25, -0.2) is 0 Å². The Morgan fingerprint density at radius 3 is 2.78 bits per heavy atom. The van der Waals surface area contributed by atoms with Gasteiger partial charge in [0.25, 0.3) is 5.91 Å². The average molecular weight is 488 g/mol. The lowest BCUT2D eigenvalue weighted by Crippen LogP contribution is -2.55. The molecule has 4 fully saturated rings. The van der Waals surface area contributed by atoms with E-state index in [9.17, 15) is 14.7 Å². The molecule has 2 saturated heterocycles. The SMILES string of the molecule is O=C(c1ccc(=O)[nH]c1)N1CC2CC34CCCN(CC5CC5)C3Cc3ccc(O)cc3CC2C1CC4. The molecule has 1 aromatic carbocycles. The van der Waals surface area contributed by atoms with Gasteiger partial charge in [0.05, 0.1) is 5.56 Å². The summed E-state index contributed by atoms with van der Waals surface area (Å²) in [5, 5.41) is 10.4. The van der Waals surface area contributed by atoms with Gasteiger partial charge in [-0.3, -0.25) is 14.5 Å².